The number of primary amides is 1. The number of ketones is 2. The molecule has 0 spiro atoms. The van der Waals surface area contributed by atoms with Crippen LogP contribution in [0.2, 0.25) is 0 Å². The molecule has 15 heteroatoms. The van der Waals surface area contributed by atoms with Gasteiger partial charge in [-0.2, -0.15) is 0 Å². The Balaban J connectivity index is 0.00000368. The van der Waals surface area contributed by atoms with Gasteiger partial charge in [0.2, 0.25) is 11.7 Å². The van der Waals surface area contributed by atoms with Crippen LogP contribution in [0.3, 0.4) is 0 Å². The molecule has 1 aromatic rings. The zero-order valence-electron chi connectivity index (χ0n) is 26.7. The fourth-order valence-corrected chi connectivity index (χ4v) is 6.87. The lowest BCUT2D eigenvalue weighted by atomic mass is 9.58. The number of hydrogen-bond donors (Lipinski definition) is 7. The summed E-state index contributed by atoms with van der Waals surface area (Å²) in [5.41, 5.74) is 2.39. The van der Waals surface area contributed by atoms with Crippen molar-refractivity contribution in [1.82, 2.24) is 10.2 Å². The summed E-state index contributed by atoms with van der Waals surface area (Å²) in [4.78, 5) is 55.7. The Kier molecular flexibility index (Phi) is 12.7. The summed E-state index contributed by atoms with van der Waals surface area (Å²) < 4.78 is 0. The third-order valence-electron chi connectivity index (χ3n) is 8.95. The lowest BCUT2D eigenvalue weighted by Gasteiger charge is -2.50. The van der Waals surface area contributed by atoms with Gasteiger partial charge >= 0.3 is 0 Å². The smallest absolute Gasteiger partial charge is 0.255 e. The van der Waals surface area contributed by atoms with Gasteiger partial charge in [0.15, 0.2) is 17.1 Å². The van der Waals surface area contributed by atoms with E-state index in [-0.39, 0.29) is 61.0 Å². The van der Waals surface area contributed by atoms with E-state index in [2.05, 4.69) is 17.6 Å². The van der Waals surface area contributed by atoms with Crippen LogP contribution in [-0.4, -0.2) is 102 Å². The monoisotopic (exact) mass is 685 g/mol. The van der Waals surface area contributed by atoms with Gasteiger partial charge in [0.05, 0.1) is 23.8 Å². The second kappa shape index (κ2) is 15.0. The first-order valence-electron chi connectivity index (χ1n) is 14.9. The van der Waals surface area contributed by atoms with E-state index >= 15 is 0 Å². The van der Waals surface area contributed by atoms with Gasteiger partial charge < -0.3 is 41.7 Å². The number of anilines is 2. The highest BCUT2D eigenvalue weighted by molar-refractivity contribution is 6.25. The van der Waals surface area contributed by atoms with E-state index in [4.69, 9.17) is 5.73 Å². The summed E-state index contributed by atoms with van der Waals surface area (Å²) in [6, 6.07) is 0.509. The van der Waals surface area contributed by atoms with Crippen molar-refractivity contribution in [2.24, 2.45) is 17.6 Å². The van der Waals surface area contributed by atoms with Crippen LogP contribution in [-0.2, 0) is 20.8 Å². The maximum absolute atomic E-state index is 14.1. The van der Waals surface area contributed by atoms with Gasteiger partial charge in [0.1, 0.15) is 17.1 Å². The number of halogens is 2. The molecule has 13 nitrogen and oxygen atoms in total. The fraction of sp³-hybridized carbons (Fsp3) is 0.548. The minimum absolute atomic E-state index is 0. The Hall–Kier alpha value is -3.36. The molecule has 0 bridgehead atoms. The van der Waals surface area contributed by atoms with Crippen molar-refractivity contribution >= 4 is 59.6 Å². The summed E-state index contributed by atoms with van der Waals surface area (Å²) >= 11 is 0. The maximum Gasteiger partial charge on any atom is 0.255 e. The largest absolute Gasteiger partial charge is 0.510 e. The minimum Gasteiger partial charge on any atom is -0.510 e. The number of benzene rings is 1. The van der Waals surface area contributed by atoms with E-state index in [9.17, 15) is 39.6 Å². The molecule has 0 saturated heterocycles. The highest BCUT2D eigenvalue weighted by Crippen LogP contribution is 2.53. The molecule has 0 saturated carbocycles. The highest BCUT2D eigenvalue weighted by Gasteiger charge is 2.63. The summed E-state index contributed by atoms with van der Waals surface area (Å²) in [5, 5.41) is 51.2. The van der Waals surface area contributed by atoms with E-state index in [1.807, 2.05) is 0 Å². The molecule has 0 radical (unpaired) electrons. The van der Waals surface area contributed by atoms with Crippen molar-refractivity contribution in [1.29, 1.82) is 0 Å². The molecule has 0 aliphatic heterocycles. The second-order valence-electron chi connectivity index (χ2n) is 12.3. The van der Waals surface area contributed by atoms with Crippen molar-refractivity contribution in [3.8, 4) is 5.75 Å². The number of nitrogens with two attached hydrogens (primary N) is 1. The minimum atomic E-state index is -2.72. The van der Waals surface area contributed by atoms with Crippen molar-refractivity contribution in [3.05, 3.63) is 39.9 Å². The Labute approximate surface area is 280 Å². The number of aliphatic hydroxyl groups excluding tert-OH is 2. The first kappa shape index (κ1) is 38.8. The van der Waals surface area contributed by atoms with Gasteiger partial charge in [0, 0.05) is 31.3 Å². The highest BCUT2D eigenvalue weighted by atomic mass is 35.5. The van der Waals surface area contributed by atoms with Gasteiger partial charge in [-0.05, 0) is 57.5 Å². The molecule has 0 fully saturated rings. The summed E-state index contributed by atoms with van der Waals surface area (Å²) in [5.74, 6) is -7.70. The first-order valence-corrected chi connectivity index (χ1v) is 14.9. The molecule has 0 aromatic heterocycles. The standard InChI is InChI=1S/C31H43N5O8.2ClH/c1-6-7-8-9-10-33-14-20(37)34-18-13-19(35(2)3)16-11-15-12-17-24(36(4)5)27(40)23(30(32)43)29(42)31(17,44)28(41)21(15)26(39)22(16)25(18)38;;/h13,15,17,24,33,38,40-41,44H,6-12,14H2,1-5H3,(H2,32,43)(H,34,37);2*1H/t15?,17?,24-,31?;;/m0../s1. The number of Topliss-reactive ketones (excluding diaryl/α,β-unsaturated/α-hetero) is 2. The van der Waals surface area contributed by atoms with Gasteiger partial charge in [-0.25, -0.2) is 0 Å². The van der Waals surface area contributed by atoms with Crippen LogP contribution in [0.15, 0.2) is 28.7 Å². The zero-order valence-corrected chi connectivity index (χ0v) is 28.3. The van der Waals surface area contributed by atoms with E-state index in [0.29, 0.717) is 17.8 Å². The Morgan fingerprint density at radius 2 is 1.72 bits per heavy atom. The number of amides is 2. The van der Waals surface area contributed by atoms with Gasteiger partial charge in [-0.3, -0.25) is 24.1 Å². The van der Waals surface area contributed by atoms with Crippen molar-refractivity contribution in [2.45, 2.75) is 57.1 Å². The number of phenolic OH excluding ortho intramolecular Hbond substituents is 1. The number of nitrogens with zero attached hydrogens (tertiary/aromatic N) is 2. The Bertz CT molecular complexity index is 1460. The lowest BCUT2D eigenvalue weighted by Crippen LogP contribution is -2.63. The molecule has 256 valence electrons. The average molecular weight is 687 g/mol. The number of aromatic hydroxyl groups is 1. The number of hydrogen-bond acceptors (Lipinski definition) is 11. The average Bonchev–Trinajstić information content (AvgIpc) is 2.93. The predicted molar refractivity (Wildman–Crippen MR) is 178 cm³/mol. The van der Waals surface area contributed by atoms with E-state index in [0.717, 1.165) is 25.7 Å². The Morgan fingerprint density at radius 1 is 1.07 bits per heavy atom. The van der Waals surface area contributed by atoms with Crippen LogP contribution >= 0.6 is 24.8 Å². The number of nitrogens with one attached hydrogen (secondary N) is 2. The molecule has 46 heavy (non-hydrogen) atoms. The van der Waals surface area contributed by atoms with Crippen molar-refractivity contribution in [3.63, 3.8) is 0 Å². The molecule has 2 amide bonds. The first-order chi connectivity index (χ1) is 20.7. The van der Waals surface area contributed by atoms with Crippen LogP contribution in [0, 0.1) is 11.8 Å². The summed E-state index contributed by atoms with van der Waals surface area (Å²) in [6.45, 7) is 2.76. The van der Waals surface area contributed by atoms with Crippen LogP contribution < -0.4 is 21.3 Å². The number of aliphatic hydroxyl groups is 3. The van der Waals surface area contributed by atoms with Crippen molar-refractivity contribution in [2.75, 3.05) is 51.5 Å². The molecule has 3 aliphatic carbocycles. The number of unbranched alkanes of at least 4 members (excludes halogenated alkanes) is 3. The zero-order chi connectivity index (χ0) is 32.7. The molecule has 1 aromatic carbocycles. The Morgan fingerprint density at radius 3 is 2.28 bits per heavy atom. The van der Waals surface area contributed by atoms with Gasteiger partial charge in [0.25, 0.3) is 5.91 Å². The number of rotatable bonds is 11. The van der Waals surface area contributed by atoms with Crippen LogP contribution in [0.25, 0.3) is 0 Å². The molecule has 8 N–H and O–H groups in total. The van der Waals surface area contributed by atoms with Gasteiger partial charge in [-0.1, -0.05) is 26.2 Å². The molecular weight excluding hydrogens is 641 g/mol. The third-order valence-corrected chi connectivity index (χ3v) is 8.95. The molecule has 0 heterocycles. The second-order valence-corrected chi connectivity index (χ2v) is 12.3. The van der Waals surface area contributed by atoms with Crippen molar-refractivity contribution < 1.29 is 39.6 Å². The summed E-state index contributed by atoms with van der Waals surface area (Å²) in [7, 11) is 6.65. The quantitative estimate of drug-likeness (QED) is 0.102. The number of fused-ring (bicyclic) bond motifs is 3. The van der Waals surface area contributed by atoms with E-state index in [1.165, 1.54) is 4.90 Å². The van der Waals surface area contributed by atoms with Crippen LogP contribution in [0.5, 0.6) is 5.75 Å². The SMILES string of the molecule is CCCCCCNCC(=O)Nc1cc(N(C)C)c2c(c1O)C(=O)C1=C(O)C3(O)C(=O)C(C(N)=O)=C(O)[C@@H](N(C)C)C3CC1C2.Cl.Cl. The van der Waals surface area contributed by atoms with E-state index < -0.39 is 69.7 Å². The van der Waals surface area contributed by atoms with Crippen LogP contribution in [0.4, 0.5) is 11.4 Å². The number of carbonyl (C=O) groups excluding carboxylic acids is 4. The number of allylic oxidation sites excluding steroid dienone is 1. The molecular formula is C31H45Cl2N5O8. The molecule has 3 unspecified atom stereocenters. The normalized spacial score (nSPS) is 23.6. The molecule has 4 atom stereocenters. The van der Waals surface area contributed by atoms with E-state index in [1.54, 1.807) is 39.2 Å². The lowest BCUT2D eigenvalue weighted by molar-refractivity contribution is -0.148. The number of likely N-dealkylation sites (N-methyl/N-ethyl adjacent to an activating group) is 1. The fourth-order valence-electron chi connectivity index (χ4n) is 6.87. The number of phenols is 1. The van der Waals surface area contributed by atoms with Crippen LogP contribution in [0.1, 0.15) is 54.9 Å². The predicted octanol–water partition coefficient (Wildman–Crippen LogP) is 2.14. The summed E-state index contributed by atoms with van der Waals surface area (Å²) in [6.07, 6.45) is 4.31. The molecule has 3 aliphatic rings. The van der Waals surface area contributed by atoms with Gasteiger partial charge in [-0.15, -0.1) is 24.8 Å². The molecule has 4 rings (SSSR count). The third kappa shape index (κ3) is 6.56. The topological polar surface area (TPSA) is 206 Å². The number of carbonyl (C=O) groups is 4. The maximum atomic E-state index is 14.1.